The minimum Gasteiger partial charge on any atom is -0.370 e. The zero-order valence-corrected chi connectivity index (χ0v) is 9.50. The molecule has 88 valence electrons. The summed E-state index contributed by atoms with van der Waals surface area (Å²) in [5, 5.41) is 9.11. The van der Waals surface area contributed by atoms with E-state index < -0.39 is 12.0 Å². The lowest BCUT2D eigenvalue weighted by Crippen LogP contribution is -2.32. The molecule has 1 aliphatic rings. The van der Waals surface area contributed by atoms with Gasteiger partial charge in [-0.15, -0.1) is 0 Å². The van der Waals surface area contributed by atoms with Gasteiger partial charge in [-0.25, -0.2) is 0 Å². The molecule has 2 rings (SSSR count). The number of nitriles is 1. The number of carbonyl (C=O) groups excluding carboxylic acids is 1. The van der Waals surface area contributed by atoms with Crippen molar-refractivity contribution in [3.05, 3.63) is 30.1 Å². The van der Waals surface area contributed by atoms with Gasteiger partial charge in [-0.1, -0.05) is 6.07 Å². The van der Waals surface area contributed by atoms with Crippen molar-refractivity contribution < 1.29 is 9.53 Å². The van der Waals surface area contributed by atoms with Crippen molar-refractivity contribution >= 4 is 5.78 Å². The van der Waals surface area contributed by atoms with Crippen LogP contribution in [0.3, 0.4) is 0 Å². The Morgan fingerprint density at radius 3 is 3.00 bits per heavy atom. The molecular formula is C13H14N2O2. The van der Waals surface area contributed by atoms with Crippen LogP contribution in [0.2, 0.25) is 0 Å². The van der Waals surface area contributed by atoms with Gasteiger partial charge in [0.25, 0.3) is 0 Å². The lowest BCUT2D eigenvalue weighted by molar-refractivity contribution is -0.133. The van der Waals surface area contributed by atoms with Crippen LogP contribution in [0.5, 0.6) is 0 Å². The number of hydrogen-bond acceptors (Lipinski definition) is 4. The standard InChI is InChI=1S/C13H14N2O2/c14-9-10(11-5-1-3-7-15-11)13(16)12-6-2-4-8-17-12/h1,3,5,7,10,12H,2,4,6,8H2. The minimum absolute atomic E-state index is 0.161. The summed E-state index contributed by atoms with van der Waals surface area (Å²) < 4.78 is 5.42. The van der Waals surface area contributed by atoms with E-state index in [1.165, 1.54) is 0 Å². The van der Waals surface area contributed by atoms with Gasteiger partial charge >= 0.3 is 0 Å². The highest BCUT2D eigenvalue weighted by Crippen LogP contribution is 2.21. The second-order valence-electron chi connectivity index (χ2n) is 4.07. The molecule has 4 heteroatoms. The van der Waals surface area contributed by atoms with Crippen molar-refractivity contribution in [3.8, 4) is 6.07 Å². The predicted octanol–water partition coefficient (Wildman–Crippen LogP) is 1.83. The Labute approximate surface area is 100 Å². The highest BCUT2D eigenvalue weighted by Gasteiger charge is 2.30. The Morgan fingerprint density at radius 2 is 2.41 bits per heavy atom. The van der Waals surface area contributed by atoms with Crippen LogP contribution in [0.1, 0.15) is 30.9 Å². The number of aromatic nitrogens is 1. The second-order valence-corrected chi connectivity index (χ2v) is 4.07. The van der Waals surface area contributed by atoms with E-state index in [1.54, 1.807) is 24.4 Å². The van der Waals surface area contributed by atoms with Crippen LogP contribution < -0.4 is 0 Å². The third-order valence-electron chi connectivity index (χ3n) is 2.89. The second kappa shape index (κ2) is 5.55. The number of pyridine rings is 1. The van der Waals surface area contributed by atoms with Gasteiger partial charge in [-0.3, -0.25) is 9.78 Å². The maximum Gasteiger partial charge on any atom is 0.184 e. The predicted molar refractivity (Wildman–Crippen MR) is 61.2 cm³/mol. The van der Waals surface area contributed by atoms with Crippen LogP contribution in [0.25, 0.3) is 0 Å². The average molecular weight is 230 g/mol. The van der Waals surface area contributed by atoms with Gasteiger partial charge in [0.1, 0.15) is 12.0 Å². The SMILES string of the molecule is N#CC(C(=O)C1CCCCO1)c1ccccn1. The smallest absolute Gasteiger partial charge is 0.184 e. The quantitative estimate of drug-likeness (QED) is 0.794. The van der Waals surface area contributed by atoms with Crippen LogP contribution >= 0.6 is 0 Å². The number of carbonyl (C=O) groups is 1. The van der Waals surface area contributed by atoms with Crippen LogP contribution in [-0.4, -0.2) is 23.5 Å². The first-order valence-corrected chi connectivity index (χ1v) is 5.79. The third kappa shape index (κ3) is 2.69. The molecule has 0 aliphatic carbocycles. The van der Waals surface area contributed by atoms with Gasteiger partial charge in [0.2, 0.25) is 0 Å². The number of Topliss-reactive ketones (excluding diaryl/α,β-unsaturated/α-hetero) is 1. The summed E-state index contributed by atoms with van der Waals surface area (Å²) in [6, 6.07) is 7.27. The molecule has 0 aromatic carbocycles. The highest BCUT2D eigenvalue weighted by molar-refractivity contribution is 5.91. The van der Waals surface area contributed by atoms with E-state index in [0.29, 0.717) is 18.7 Å². The van der Waals surface area contributed by atoms with Crippen molar-refractivity contribution in [2.24, 2.45) is 0 Å². The molecule has 1 aromatic heterocycles. The van der Waals surface area contributed by atoms with Crippen LogP contribution in [-0.2, 0) is 9.53 Å². The van der Waals surface area contributed by atoms with Gasteiger partial charge in [0, 0.05) is 12.8 Å². The maximum absolute atomic E-state index is 12.1. The number of hydrogen-bond donors (Lipinski definition) is 0. The monoisotopic (exact) mass is 230 g/mol. The first-order chi connectivity index (χ1) is 8.33. The summed E-state index contributed by atoms with van der Waals surface area (Å²) in [6.45, 7) is 0.608. The Hall–Kier alpha value is -1.73. The zero-order chi connectivity index (χ0) is 12.1. The molecule has 0 saturated carbocycles. The van der Waals surface area contributed by atoms with E-state index in [-0.39, 0.29) is 5.78 Å². The number of ketones is 1. The van der Waals surface area contributed by atoms with E-state index in [0.717, 1.165) is 12.8 Å². The van der Waals surface area contributed by atoms with Crippen molar-refractivity contribution in [1.29, 1.82) is 5.26 Å². The van der Waals surface area contributed by atoms with Crippen molar-refractivity contribution in [2.75, 3.05) is 6.61 Å². The fourth-order valence-electron chi connectivity index (χ4n) is 1.97. The molecular weight excluding hydrogens is 216 g/mol. The van der Waals surface area contributed by atoms with E-state index in [4.69, 9.17) is 10.00 Å². The van der Waals surface area contributed by atoms with Gasteiger partial charge in [-0.2, -0.15) is 5.26 Å². The lowest BCUT2D eigenvalue weighted by atomic mass is 9.93. The van der Waals surface area contributed by atoms with Crippen molar-refractivity contribution in [1.82, 2.24) is 4.98 Å². The van der Waals surface area contributed by atoms with E-state index >= 15 is 0 Å². The van der Waals surface area contributed by atoms with Gasteiger partial charge in [0.05, 0.1) is 11.8 Å². The average Bonchev–Trinajstić information content (AvgIpc) is 2.42. The molecule has 1 aliphatic heterocycles. The number of nitrogens with zero attached hydrogens (tertiary/aromatic N) is 2. The first kappa shape index (κ1) is 11.7. The lowest BCUT2D eigenvalue weighted by Gasteiger charge is -2.22. The van der Waals surface area contributed by atoms with Crippen LogP contribution in [0, 0.1) is 11.3 Å². The summed E-state index contributed by atoms with van der Waals surface area (Å²) in [5.41, 5.74) is 0.508. The third-order valence-corrected chi connectivity index (χ3v) is 2.89. The maximum atomic E-state index is 12.1. The molecule has 1 fully saturated rings. The molecule has 0 bridgehead atoms. The fourth-order valence-corrected chi connectivity index (χ4v) is 1.97. The fraction of sp³-hybridized carbons (Fsp3) is 0.462. The molecule has 0 amide bonds. The largest absolute Gasteiger partial charge is 0.370 e. The van der Waals surface area contributed by atoms with E-state index in [1.807, 2.05) is 6.07 Å². The molecule has 1 aromatic rings. The van der Waals surface area contributed by atoms with E-state index in [2.05, 4.69) is 4.98 Å². The topological polar surface area (TPSA) is 63.0 Å². The van der Waals surface area contributed by atoms with Crippen molar-refractivity contribution in [2.45, 2.75) is 31.3 Å². The molecule has 0 spiro atoms. The Balaban J connectivity index is 2.13. The highest BCUT2D eigenvalue weighted by atomic mass is 16.5. The Bertz CT molecular complexity index is 419. The number of ether oxygens (including phenoxy) is 1. The molecule has 2 atom stereocenters. The zero-order valence-electron chi connectivity index (χ0n) is 9.50. The summed E-state index contributed by atoms with van der Waals surface area (Å²) in [4.78, 5) is 16.2. The van der Waals surface area contributed by atoms with E-state index in [9.17, 15) is 4.79 Å². The Morgan fingerprint density at radius 1 is 1.53 bits per heavy atom. The summed E-state index contributed by atoms with van der Waals surface area (Å²) in [6.07, 6.45) is 3.84. The minimum atomic E-state index is -0.806. The van der Waals surface area contributed by atoms with Crippen molar-refractivity contribution in [3.63, 3.8) is 0 Å². The number of rotatable bonds is 3. The first-order valence-electron chi connectivity index (χ1n) is 5.79. The van der Waals surface area contributed by atoms with Gasteiger partial charge in [0.15, 0.2) is 5.78 Å². The molecule has 2 heterocycles. The van der Waals surface area contributed by atoms with Crippen LogP contribution in [0.15, 0.2) is 24.4 Å². The molecule has 2 unspecified atom stereocenters. The molecule has 17 heavy (non-hydrogen) atoms. The Kier molecular flexibility index (Phi) is 3.84. The van der Waals surface area contributed by atoms with Crippen LogP contribution in [0.4, 0.5) is 0 Å². The molecule has 1 saturated heterocycles. The van der Waals surface area contributed by atoms with Gasteiger partial charge in [-0.05, 0) is 31.4 Å². The summed E-state index contributed by atoms with van der Waals surface area (Å²) in [5.74, 6) is -0.967. The summed E-state index contributed by atoms with van der Waals surface area (Å²) >= 11 is 0. The molecule has 0 N–H and O–H groups in total. The summed E-state index contributed by atoms with van der Waals surface area (Å²) in [7, 11) is 0. The molecule has 0 radical (unpaired) electrons. The molecule has 4 nitrogen and oxygen atoms in total. The normalized spacial score (nSPS) is 21.5. The van der Waals surface area contributed by atoms with Gasteiger partial charge < -0.3 is 4.74 Å².